The molecule has 5 heteroatoms. The van der Waals surface area contributed by atoms with Gasteiger partial charge < -0.3 is 4.42 Å². The van der Waals surface area contributed by atoms with E-state index in [9.17, 15) is 4.79 Å². The number of thiazole rings is 1. The molecule has 4 rings (SSSR count). The first kappa shape index (κ1) is 10.9. The molecular weight excluding hydrogens is 278 g/mol. The van der Waals surface area contributed by atoms with Crippen molar-refractivity contribution < 1.29 is 9.21 Å². The molecule has 0 aliphatic rings. The lowest BCUT2D eigenvalue weighted by Gasteiger charge is -1.90. The van der Waals surface area contributed by atoms with Gasteiger partial charge in [0.1, 0.15) is 9.53 Å². The SMILES string of the molecule is O=C(c1ccco1)c1nc2c(s1)sc1ccccc12. The second-order valence-corrected chi connectivity index (χ2v) is 6.37. The zero-order valence-corrected chi connectivity index (χ0v) is 11.3. The van der Waals surface area contributed by atoms with Crippen LogP contribution in [0.4, 0.5) is 0 Å². The lowest BCUT2D eigenvalue weighted by atomic mass is 10.2. The van der Waals surface area contributed by atoms with Crippen LogP contribution in [0.25, 0.3) is 19.6 Å². The van der Waals surface area contributed by atoms with Crippen LogP contribution in [-0.2, 0) is 0 Å². The molecule has 0 radical (unpaired) electrons. The van der Waals surface area contributed by atoms with Gasteiger partial charge in [-0.25, -0.2) is 4.98 Å². The van der Waals surface area contributed by atoms with Crippen LogP contribution in [-0.4, -0.2) is 10.8 Å². The van der Waals surface area contributed by atoms with Gasteiger partial charge in [-0.15, -0.1) is 11.3 Å². The van der Waals surface area contributed by atoms with Crippen LogP contribution in [0.15, 0.2) is 47.1 Å². The van der Waals surface area contributed by atoms with Crippen LogP contribution in [0, 0.1) is 0 Å². The van der Waals surface area contributed by atoms with Crippen molar-refractivity contribution in [1.82, 2.24) is 4.98 Å². The maximum Gasteiger partial charge on any atom is 0.256 e. The minimum absolute atomic E-state index is 0.150. The Morgan fingerprint density at radius 2 is 2.00 bits per heavy atom. The van der Waals surface area contributed by atoms with Gasteiger partial charge in [-0.2, -0.15) is 0 Å². The van der Waals surface area contributed by atoms with Gasteiger partial charge in [-0.05, 0) is 18.2 Å². The fraction of sp³-hybridized carbons (Fsp3) is 0. The summed E-state index contributed by atoms with van der Waals surface area (Å²) in [6, 6.07) is 11.5. The number of carbonyl (C=O) groups is 1. The predicted octanol–water partition coefficient (Wildman–Crippen LogP) is 4.34. The number of hydrogen-bond donors (Lipinski definition) is 0. The van der Waals surface area contributed by atoms with Crippen molar-refractivity contribution in [2.75, 3.05) is 0 Å². The molecule has 0 fully saturated rings. The lowest BCUT2D eigenvalue weighted by Crippen LogP contribution is -1.97. The van der Waals surface area contributed by atoms with Crippen molar-refractivity contribution in [3.05, 3.63) is 53.4 Å². The third kappa shape index (κ3) is 1.63. The molecule has 3 nitrogen and oxygen atoms in total. The van der Waals surface area contributed by atoms with Crippen molar-refractivity contribution in [3.8, 4) is 0 Å². The zero-order chi connectivity index (χ0) is 12.8. The second kappa shape index (κ2) is 4.01. The number of benzene rings is 1. The molecule has 19 heavy (non-hydrogen) atoms. The highest BCUT2D eigenvalue weighted by Gasteiger charge is 2.19. The predicted molar refractivity (Wildman–Crippen MR) is 77.1 cm³/mol. The van der Waals surface area contributed by atoms with Crippen molar-refractivity contribution >= 4 is 48.1 Å². The summed E-state index contributed by atoms with van der Waals surface area (Å²) in [5.74, 6) is 0.188. The summed E-state index contributed by atoms with van der Waals surface area (Å²) in [4.78, 5) is 16.6. The fourth-order valence-corrected chi connectivity index (χ4v) is 4.31. The number of ketones is 1. The highest BCUT2D eigenvalue weighted by atomic mass is 32.2. The second-order valence-electron chi connectivity index (χ2n) is 4.06. The van der Waals surface area contributed by atoms with Gasteiger partial charge in [-0.1, -0.05) is 29.5 Å². The molecule has 3 aromatic heterocycles. The lowest BCUT2D eigenvalue weighted by molar-refractivity contribution is 0.101. The summed E-state index contributed by atoms with van der Waals surface area (Å²) in [6.07, 6.45) is 1.50. The van der Waals surface area contributed by atoms with Gasteiger partial charge in [0.05, 0.1) is 6.26 Å². The number of hydrogen-bond acceptors (Lipinski definition) is 5. The Balaban J connectivity index is 1.91. The first-order valence-electron chi connectivity index (χ1n) is 5.69. The molecule has 92 valence electrons. The molecule has 0 saturated carbocycles. The maximum absolute atomic E-state index is 12.2. The molecule has 3 heterocycles. The number of furan rings is 1. The Kier molecular flexibility index (Phi) is 2.30. The summed E-state index contributed by atoms with van der Waals surface area (Å²) < 4.78 is 7.41. The molecule has 0 bridgehead atoms. The van der Waals surface area contributed by atoms with Crippen molar-refractivity contribution in [2.45, 2.75) is 0 Å². The molecule has 1 aromatic carbocycles. The van der Waals surface area contributed by atoms with Crippen LogP contribution in [0.3, 0.4) is 0 Å². The quantitative estimate of drug-likeness (QED) is 0.515. The van der Waals surface area contributed by atoms with Crippen molar-refractivity contribution in [1.29, 1.82) is 0 Å². The van der Waals surface area contributed by atoms with Crippen LogP contribution < -0.4 is 0 Å². The van der Waals surface area contributed by atoms with E-state index in [1.54, 1.807) is 23.5 Å². The van der Waals surface area contributed by atoms with E-state index in [0.29, 0.717) is 10.8 Å². The summed E-state index contributed by atoms with van der Waals surface area (Å²) in [6.45, 7) is 0. The van der Waals surface area contributed by atoms with Gasteiger partial charge in [0, 0.05) is 10.1 Å². The Hall–Kier alpha value is -1.98. The van der Waals surface area contributed by atoms with Gasteiger partial charge >= 0.3 is 0 Å². The molecule has 0 saturated heterocycles. The summed E-state index contributed by atoms with van der Waals surface area (Å²) in [7, 11) is 0. The molecule has 0 unspecified atom stereocenters. The monoisotopic (exact) mass is 285 g/mol. The van der Waals surface area contributed by atoms with E-state index in [4.69, 9.17) is 4.42 Å². The van der Waals surface area contributed by atoms with E-state index in [-0.39, 0.29) is 5.78 Å². The van der Waals surface area contributed by atoms with Gasteiger partial charge in [-0.3, -0.25) is 4.79 Å². The highest BCUT2D eigenvalue weighted by Crippen LogP contribution is 2.37. The van der Waals surface area contributed by atoms with Gasteiger partial charge in [0.25, 0.3) is 5.78 Å². The first-order chi connectivity index (χ1) is 9.33. The fourth-order valence-electron chi connectivity index (χ4n) is 2.01. The number of nitrogens with zero attached hydrogens (tertiary/aromatic N) is 1. The zero-order valence-electron chi connectivity index (χ0n) is 9.62. The van der Waals surface area contributed by atoms with Gasteiger partial charge in [0.15, 0.2) is 10.8 Å². The van der Waals surface area contributed by atoms with E-state index in [1.807, 2.05) is 18.2 Å². The number of carbonyl (C=O) groups excluding carboxylic acids is 1. The average molecular weight is 285 g/mol. The number of rotatable bonds is 2. The smallest absolute Gasteiger partial charge is 0.256 e. The Morgan fingerprint density at radius 3 is 2.84 bits per heavy atom. The number of aromatic nitrogens is 1. The van der Waals surface area contributed by atoms with Crippen LogP contribution >= 0.6 is 22.7 Å². The largest absolute Gasteiger partial charge is 0.461 e. The summed E-state index contributed by atoms with van der Waals surface area (Å²) in [5, 5.41) is 1.60. The summed E-state index contributed by atoms with van der Waals surface area (Å²) >= 11 is 3.10. The van der Waals surface area contributed by atoms with Crippen LogP contribution in [0.5, 0.6) is 0 Å². The minimum atomic E-state index is -0.150. The molecule has 0 atom stereocenters. The van der Waals surface area contributed by atoms with E-state index in [0.717, 1.165) is 14.9 Å². The minimum Gasteiger partial charge on any atom is -0.461 e. The molecule has 0 amide bonds. The van der Waals surface area contributed by atoms with E-state index in [1.165, 1.54) is 22.3 Å². The highest BCUT2D eigenvalue weighted by molar-refractivity contribution is 7.42. The topological polar surface area (TPSA) is 43.1 Å². The molecule has 0 N–H and O–H groups in total. The van der Waals surface area contributed by atoms with E-state index in [2.05, 4.69) is 11.1 Å². The average Bonchev–Trinajstić information content (AvgIpc) is 3.13. The Labute approximate surface area is 116 Å². The molecule has 4 aromatic rings. The molecule has 0 spiro atoms. The normalized spacial score (nSPS) is 11.4. The Morgan fingerprint density at radius 1 is 1.11 bits per heavy atom. The third-order valence-corrected chi connectivity index (χ3v) is 5.18. The van der Waals surface area contributed by atoms with E-state index >= 15 is 0 Å². The van der Waals surface area contributed by atoms with Crippen LogP contribution in [0.1, 0.15) is 15.6 Å². The third-order valence-electron chi connectivity index (χ3n) is 2.88. The molecule has 0 aliphatic heterocycles. The van der Waals surface area contributed by atoms with Crippen LogP contribution in [0.2, 0.25) is 0 Å². The van der Waals surface area contributed by atoms with Crippen molar-refractivity contribution in [2.24, 2.45) is 0 Å². The first-order valence-corrected chi connectivity index (χ1v) is 7.32. The van der Waals surface area contributed by atoms with E-state index < -0.39 is 0 Å². The van der Waals surface area contributed by atoms with Gasteiger partial charge in [0.2, 0.25) is 0 Å². The van der Waals surface area contributed by atoms with Crippen molar-refractivity contribution in [3.63, 3.8) is 0 Å². The summed E-state index contributed by atoms with van der Waals surface area (Å²) in [5.41, 5.74) is 0.917. The Bertz CT molecular complexity index is 887. The molecular formula is C14H7NO2S2. The number of fused-ring (bicyclic) bond motifs is 3. The number of thiophene rings is 1. The standard InChI is InChI=1S/C14H7NO2S2/c16-12(9-5-3-7-17-9)13-15-11-8-4-1-2-6-10(8)18-14(11)19-13/h1-7H. The maximum atomic E-state index is 12.2. The molecule has 0 aliphatic carbocycles.